The maximum atomic E-state index is 4.76. The summed E-state index contributed by atoms with van der Waals surface area (Å²) in [6.07, 6.45) is 0. The maximum Gasteiger partial charge on any atom is 0.0705 e. The number of pyridine rings is 2. The standard InChI is InChI=1S/C22H20N2/c1-14(2)20-9-8-19-13-17(7-11-22(19)24-20)16-6-10-21-18(12-16)5-4-15(3)23-21/h4-14H,1-3H3. The Bertz CT molecular complexity index is 1050. The molecule has 4 rings (SSSR count). The third kappa shape index (κ3) is 2.65. The Balaban J connectivity index is 1.81. The summed E-state index contributed by atoms with van der Waals surface area (Å²) in [7, 11) is 0. The molecule has 0 N–H and O–H groups in total. The van der Waals surface area contributed by atoms with Crippen LogP contribution in [-0.2, 0) is 0 Å². The highest BCUT2D eigenvalue weighted by molar-refractivity contribution is 5.88. The monoisotopic (exact) mass is 312 g/mol. The SMILES string of the molecule is Cc1ccc2cc(-c3ccc4nc(C(C)C)ccc4c3)ccc2n1. The topological polar surface area (TPSA) is 25.8 Å². The van der Waals surface area contributed by atoms with Gasteiger partial charge in [-0.25, -0.2) is 0 Å². The molecule has 118 valence electrons. The lowest BCUT2D eigenvalue weighted by molar-refractivity contribution is 0.830. The average Bonchev–Trinajstić information content (AvgIpc) is 2.60. The van der Waals surface area contributed by atoms with E-state index in [1.807, 2.05) is 6.92 Å². The van der Waals surface area contributed by atoms with Crippen LogP contribution in [0.15, 0.2) is 60.7 Å². The number of nitrogens with zero attached hydrogens (tertiary/aromatic N) is 2. The van der Waals surface area contributed by atoms with Crippen molar-refractivity contribution in [2.24, 2.45) is 0 Å². The normalized spacial score (nSPS) is 11.5. The summed E-state index contributed by atoms with van der Waals surface area (Å²) >= 11 is 0. The predicted octanol–water partition coefficient (Wildman–Crippen LogP) is 5.88. The molecule has 2 heterocycles. The van der Waals surface area contributed by atoms with Crippen molar-refractivity contribution in [1.82, 2.24) is 9.97 Å². The molecular weight excluding hydrogens is 292 g/mol. The number of benzene rings is 2. The second-order valence-electron chi connectivity index (χ2n) is 6.66. The number of hydrogen-bond donors (Lipinski definition) is 0. The quantitative estimate of drug-likeness (QED) is 0.462. The summed E-state index contributed by atoms with van der Waals surface area (Å²) in [6.45, 7) is 6.37. The van der Waals surface area contributed by atoms with Crippen LogP contribution in [0.1, 0.15) is 31.2 Å². The van der Waals surface area contributed by atoms with Crippen LogP contribution in [0.4, 0.5) is 0 Å². The molecule has 2 heteroatoms. The lowest BCUT2D eigenvalue weighted by Gasteiger charge is -2.08. The molecule has 2 aromatic heterocycles. The van der Waals surface area contributed by atoms with Crippen molar-refractivity contribution in [3.8, 4) is 11.1 Å². The molecule has 24 heavy (non-hydrogen) atoms. The van der Waals surface area contributed by atoms with Crippen LogP contribution < -0.4 is 0 Å². The van der Waals surface area contributed by atoms with Crippen molar-refractivity contribution in [2.75, 3.05) is 0 Å². The van der Waals surface area contributed by atoms with Gasteiger partial charge in [-0.1, -0.05) is 38.1 Å². The van der Waals surface area contributed by atoms with E-state index < -0.39 is 0 Å². The van der Waals surface area contributed by atoms with Gasteiger partial charge in [0.05, 0.1) is 11.0 Å². The zero-order valence-corrected chi connectivity index (χ0v) is 14.2. The van der Waals surface area contributed by atoms with Gasteiger partial charge in [-0.3, -0.25) is 9.97 Å². The zero-order chi connectivity index (χ0) is 16.7. The third-order valence-electron chi connectivity index (χ3n) is 4.46. The Labute approximate surface area is 142 Å². The molecule has 0 saturated heterocycles. The van der Waals surface area contributed by atoms with Crippen molar-refractivity contribution in [1.29, 1.82) is 0 Å². The largest absolute Gasteiger partial charge is 0.253 e. The van der Waals surface area contributed by atoms with Crippen molar-refractivity contribution in [3.63, 3.8) is 0 Å². The molecule has 0 fully saturated rings. The van der Waals surface area contributed by atoms with Crippen LogP contribution in [0.2, 0.25) is 0 Å². The van der Waals surface area contributed by atoms with Crippen LogP contribution in [0.5, 0.6) is 0 Å². The molecule has 2 aromatic carbocycles. The molecule has 0 saturated carbocycles. The van der Waals surface area contributed by atoms with E-state index in [2.05, 4.69) is 79.5 Å². The predicted molar refractivity (Wildman–Crippen MR) is 101 cm³/mol. The highest BCUT2D eigenvalue weighted by atomic mass is 14.7. The Kier molecular flexibility index (Phi) is 3.53. The van der Waals surface area contributed by atoms with Gasteiger partial charge in [0.1, 0.15) is 0 Å². The van der Waals surface area contributed by atoms with Crippen LogP contribution in [-0.4, -0.2) is 9.97 Å². The first-order valence-corrected chi connectivity index (χ1v) is 8.39. The van der Waals surface area contributed by atoms with Crippen molar-refractivity contribution >= 4 is 21.8 Å². The second-order valence-corrected chi connectivity index (χ2v) is 6.66. The van der Waals surface area contributed by atoms with Gasteiger partial charge in [-0.05, 0) is 60.4 Å². The van der Waals surface area contributed by atoms with Crippen molar-refractivity contribution in [3.05, 3.63) is 72.1 Å². The summed E-state index contributed by atoms with van der Waals surface area (Å²) in [5, 5.41) is 2.35. The Hall–Kier alpha value is -2.74. The first-order chi connectivity index (χ1) is 11.6. The smallest absolute Gasteiger partial charge is 0.0705 e. The number of fused-ring (bicyclic) bond motifs is 2. The average molecular weight is 312 g/mol. The van der Waals surface area contributed by atoms with Crippen LogP contribution in [0.25, 0.3) is 32.9 Å². The van der Waals surface area contributed by atoms with Crippen molar-refractivity contribution < 1.29 is 0 Å². The highest BCUT2D eigenvalue weighted by Gasteiger charge is 2.05. The van der Waals surface area contributed by atoms with Gasteiger partial charge in [-0.15, -0.1) is 0 Å². The van der Waals surface area contributed by atoms with Gasteiger partial charge < -0.3 is 0 Å². The molecule has 0 bridgehead atoms. The highest BCUT2D eigenvalue weighted by Crippen LogP contribution is 2.27. The Morgan fingerprint density at radius 3 is 1.88 bits per heavy atom. The summed E-state index contributed by atoms with van der Waals surface area (Å²) < 4.78 is 0. The molecule has 0 amide bonds. The molecule has 0 aliphatic heterocycles. The van der Waals surface area contributed by atoms with Gasteiger partial charge in [0, 0.05) is 22.2 Å². The lowest BCUT2D eigenvalue weighted by atomic mass is 10.0. The van der Waals surface area contributed by atoms with Gasteiger partial charge in [-0.2, -0.15) is 0 Å². The Morgan fingerprint density at radius 2 is 1.25 bits per heavy atom. The fourth-order valence-electron chi connectivity index (χ4n) is 3.05. The van der Waals surface area contributed by atoms with Gasteiger partial charge in [0.2, 0.25) is 0 Å². The molecule has 2 nitrogen and oxygen atoms in total. The molecule has 0 aliphatic carbocycles. The molecule has 4 aromatic rings. The first kappa shape index (κ1) is 14.8. The fourth-order valence-corrected chi connectivity index (χ4v) is 3.05. The molecule has 0 radical (unpaired) electrons. The number of aromatic nitrogens is 2. The van der Waals surface area contributed by atoms with E-state index in [0.29, 0.717) is 5.92 Å². The fraction of sp³-hybridized carbons (Fsp3) is 0.182. The van der Waals surface area contributed by atoms with E-state index in [4.69, 9.17) is 4.98 Å². The number of hydrogen-bond acceptors (Lipinski definition) is 2. The van der Waals surface area contributed by atoms with E-state index in [-0.39, 0.29) is 0 Å². The van der Waals surface area contributed by atoms with E-state index >= 15 is 0 Å². The minimum atomic E-state index is 0.450. The molecular formula is C22H20N2. The van der Waals surface area contributed by atoms with Crippen LogP contribution in [0.3, 0.4) is 0 Å². The summed E-state index contributed by atoms with van der Waals surface area (Å²) in [5.41, 5.74) is 6.72. The second kappa shape index (κ2) is 5.72. The van der Waals surface area contributed by atoms with Crippen molar-refractivity contribution in [2.45, 2.75) is 26.7 Å². The van der Waals surface area contributed by atoms with Crippen LogP contribution >= 0.6 is 0 Å². The lowest BCUT2D eigenvalue weighted by Crippen LogP contribution is -1.92. The Morgan fingerprint density at radius 1 is 0.667 bits per heavy atom. The maximum absolute atomic E-state index is 4.76. The summed E-state index contributed by atoms with van der Waals surface area (Å²) in [4.78, 5) is 9.34. The van der Waals surface area contributed by atoms with E-state index in [0.717, 1.165) is 22.4 Å². The zero-order valence-electron chi connectivity index (χ0n) is 14.2. The van der Waals surface area contributed by atoms with E-state index in [1.165, 1.54) is 21.9 Å². The van der Waals surface area contributed by atoms with E-state index in [1.54, 1.807) is 0 Å². The van der Waals surface area contributed by atoms with Gasteiger partial charge >= 0.3 is 0 Å². The minimum Gasteiger partial charge on any atom is -0.253 e. The third-order valence-corrected chi connectivity index (χ3v) is 4.46. The van der Waals surface area contributed by atoms with E-state index in [9.17, 15) is 0 Å². The molecule has 0 spiro atoms. The minimum absolute atomic E-state index is 0.450. The first-order valence-electron chi connectivity index (χ1n) is 8.39. The summed E-state index contributed by atoms with van der Waals surface area (Å²) in [6, 6.07) is 21.4. The number of aryl methyl sites for hydroxylation is 1. The molecule has 0 unspecified atom stereocenters. The summed E-state index contributed by atoms with van der Waals surface area (Å²) in [5.74, 6) is 0.450. The van der Waals surface area contributed by atoms with Crippen LogP contribution in [0, 0.1) is 6.92 Å². The number of rotatable bonds is 2. The van der Waals surface area contributed by atoms with Gasteiger partial charge in [0.25, 0.3) is 0 Å². The molecule has 0 aliphatic rings. The molecule has 0 atom stereocenters. The van der Waals surface area contributed by atoms with Gasteiger partial charge in [0.15, 0.2) is 0 Å².